The van der Waals surface area contributed by atoms with Gasteiger partial charge in [0.2, 0.25) is 5.91 Å². The van der Waals surface area contributed by atoms with Gasteiger partial charge in [0.1, 0.15) is 17.7 Å². The Kier molecular flexibility index (Phi) is 11.4. The second-order valence-corrected chi connectivity index (χ2v) is 23.4. The minimum atomic E-state index is -1.12. The van der Waals surface area contributed by atoms with Crippen LogP contribution in [0, 0.1) is 75.4 Å². The highest BCUT2D eigenvalue weighted by atomic mass is 16.6. The van der Waals surface area contributed by atoms with Crippen molar-refractivity contribution < 1.29 is 43.9 Å². The first-order chi connectivity index (χ1) is 31.4. The molecular formula is C54H74N2O9. The lowest BCUT2D eigenvalue weighted by molar-refractivity contribution is -0.205. The number of esters is 2. The second-order valence-electron chi connectivity index (χ2n) is 23.4. The highest BCUT2D eigenvalue weighted by molar-refractivity contribution is 5.93. The molecule has 0 radical (unpaired) electrons. The normalized spacial score (nSPS) is 42.6. The summed E-state index contributed by atoms with van der Waals surface area (Å²) >= 11 is 0. The largest absolute Gasteiger partial charge is 0.504 e. The van der Waals surface area contributed by atoms with Crippen LogP contribution in [0.5, 0.6) is 11.5 Å². The lowest BCUT2D eigenvalue weighted by atomic mass is 9.49. The van der Waals surface area contributed by atoms with Gasteiger partial charge < -0.3 is 40.2 Å². The van der Waals surface area contributed by atoms with Crippen molar-refractivity contribution in [3.8, 4) is 23.3 Å². The van der Waals surface area contributed by atoms with Crippen LogP contribution < -0.4 is 15.4 Å². The Bertz CT molecular complexity index is 2100. The number of amides is 1. The summed E-state index contributed by atoms with van der Waals surface area (Å²) in [5.41, 5.74) is -0.478. The third-order valence-corrected chi connectivity index (χ3v) is 20.5. The average Bonchev–Trinajstić information content (AvgIpc) is 3.94. The molecule has 1 aromatic rings. The van der Waals surface area contributed by atoms with E-state index in [4.69, 9.17) is 14.2 Å². The SMILES string of the molecule is CC(=O)OC1C2CCC3CC4CCCC45CC4CCCCC4(NC5=O)C(=O)OC(C31)C1(CCNCC1)C1c3ccc(O)c4c3C(CC1C#CCC2CC(C)O)C(C1(CO)CCCC1)CO4. The number of hydrogen-bond donors (Lipinski definition) is 5. The van der Waals surface area contributed by atoms with E-state index in [0.717, 1.165) is 107 Å². The Balaban J connectivity index is 1.16. The quantitative estimate of drug-likeness (QED) is 0.149. The molecule has 5 aliphatic heterocycles. The second kappa shape index (κ2) is 16.7. The topological polar surface area (TPSA) is 164 Å². The predicted octanol–water partition coefficient (Wildman–Crippen LogP) is 7.43. The third kappa shape index (κ3) is 6.84. The first kappa shape index (κ1) is 44.2. The number of nitrogens with one attached hydrogen (secondary N) is 2. The molecule has 5 N–H and O–H groups in total. The van der Waals surface area contributed by atoms with Crippen molar-refractivity contribution in [2.24, 2.45) is 63.6 Å². The highest BCUT2D eigenvalue weighted by Crippen LogP contribution is 2.67. The fourth-order valence-corrected chi connectivity index (χ4v) is 17.8. The number of carbonyl (C=O) groups is 3. The van der Waals surface area contributed by atoms with Gasteiger partial charge in [0, 0.05) is 65.9 Å². The van der Waals surface area contributed by atoms with Crippen molar-refractivity contribution in [3.05, 3.63) is 23.3 Å². The standard InChI is InChI=1S/C54H74N2O9/c1-31(58)25-33-9-7-10-35-27-40-41(51(30-57)17-5-6-18-51)29-63-47-42(60)16-15-39(44(40)47)45(35)52(21-23-55-24-22-52)48-43-34(13-14-38(33)46(43)64-32(2)59)26-36-12-8-19-53(36)28-37-11-3-4-20-54(37,50(62)65-48)56-49(53)61/h15-16,31,33-38,40-41,43,45-46,48,55,57-58,60H,3-6,8-9,11-14,17-30H2,1-2H3,(H,56,61). The van der Waals surface area contributed by atoms with Crippen molar-refractivity contribution in [1.29, 1.82) is 0 Å². The fourth-order valence-electron chi connectivity index (χ4n) is 17.8. The zero-order chi connectivity index (χ0) is 44.9. The van der Waals surface area contributed by atoms with Gasteiger partial charge in [-0.1, -0.05) is 44.1 Å². The lowest BCUT2D eigenvalue weighted by Crippen LogP contribution is -2.69. The maximum absolute atomic E-state index is 16.0. The summed E-state index contributed by atoms with van der Waals surface area (Å²) in [6.07, 6.45) is 14.6. The molecule has 4 saturated carbocycles. The van der Waals surface area contributed by atoms with Crippen molar-refractivity contribution in [2.45, 2.75) is 178 Å². The summed E-state index contributed by atoms with van der Waals surface area (Å²) in [4.78, 5) is 44.7. The smallest absolute Gasteiger partial charge is 0.332 e. The molecule has 15 unspecified atom stereocenters. The van der Waals surface area contributed by atoms with E-state index in [-0.39, 0.29) is 94.8 Å². The van der Waals surface area contributed by atoms with E-state index in [1.807, 2.05) is 6.92 Å². The Morgan fingerprint density at radius 2 is 1.75 bits per heavy atom. The number of hydrogen-bond acceptors (Lipinski definition) is 10. The molecule has 65 heavy (non-hydrogen) atoms. The summed E-state index contributed by atoms with van der Waals surface area (Å²) in [6, 6.07) is 3.91. The van der Waals surface area contributed by atoms with Gasteiger partial charge in [0.15, 0.2) is 11.5 Å². The van der Waals surface area contributed by atoms with Gasteiger partial charge in [0.25, 0.3) is 0 Å². The van der Waals surface area contributed by atoms with Crippen LogP contribution in [0.1, 0.15) is 165 Å². The molecule has 4 saturated heterocycles. The number of phenolic OH excluding ortho intramolecular Hbond substituents is 1. The summed E-state index contributed by atoms with van der Waals surface area (Å²) in [5, 5.41) is 41.3. The van der Waals surface area contributed by atoms with E-state index < -0.39 is 34.7 Å². The molecule has 12 rings (SSSR count). The molecule has 11 nitrogen and oxygen atoms in total. The number of rotatable bonds is 5. The number of piperidine rings is 2. The summed E-state index contributed by atoms with van der Waals surface area (Å²) < 4.78 is 21.1. The molecule has 0 aromatic heterocycles. The van der Waals surface area contributed by atoms with Crippen LogP contribution >= 0.6 is 0 Å². The molecule has 11 aliphatic rings. The highest BCUT2D eigenvalue weighted by Gasteiger charge is 2.67. The van der Waals surface area contributed by atoms with Gasteiger partial charge in [0.05, 0.1) is 18.1 Å². The summed E-state index contributed by atoms with van der Waals surface area (Å²) in [7, 11) is 0. The zero-order valence-electron chi connectivity index (χ0n) is 38.9. The van der Waals surface area contributed by atoms with E-state index in [1.54, 1.807) is 6.07 Å². The number of benzene rings is 1. The van der Waals surface area contributed by atoms with E-state index >= 15 is 4.79 Å². The van der Waals surface area contributed by atoms with Crippen molar-refractivity contribution in [3.63, 3.8) is 0 Å². The molecule has 5 heterocycles. The van der Waals surface area contributed by atoms with Crippen LogP contribution in [0.4, 0.5) is 0 Å². The molecule has 15 atom stereocenters. The molecule has 1 amide bonds. The van der Waals surface area contributed by atoms with Crippen LogP contribution in [-0.4, -0.2) is 83.3 Å². The number of ether oxygens (including phenoxy) is 3. The van der Waals surface area contributed by atoms with Crippen LogP contribution in [0.2, 0.25) is 0 Å². The van der Waals surface area contributed by atoms with Crippen LogP contribution in [0.3, 0.4) is 0 Å². The van der Waals surface area contributed by atoms with Gasteiger partial charge in [-0.15, -0.1) is 5.92 Å². The number of carbonyl (C=O) groups excluding carboxylic acids is 3. The van der Waals surface area contributed by atoms with Crippen molar-refractivity contribution in [1.82, 2.24) is 10.6 Å². The number of aliphatic hydroxyl groups excluding tert-OH is 2. The van der Waals surface area contributed by atoms with Crippen LogP contribution in [0.15, 0.2) is 12.1 Å². The zero-order valence-corrected chi connectivity index (χ0v) is 38.9. The maximum Gasteiger partial charge on any atom is 0.332 e. The molecular weight excluding hydrogens is 821 g/mol. The predicted molar refractivity (Wildman–Crippen MR) is 242 cm³/mol. The van der Waals surface area contributed by atoms with Gasteiger partial charge >= 0.3 is 11.9 Å². The molecule has 1 aromatic carbocycles. The Labute approximate surface area is 385 Å². The molecule has 11 heteroatoms. The van der Waals surface area contributed by atoms with Crippen molar-refractivity contribution >= 4 is 17.8 Å². The van der Waals surface area contributed by atoms with Crippen LogP contribution in [0.25, 0.3) is 0 Å². The summed E-state index contributed by atoms with van der Waals surface area (Å²) in [6.45, 7) is 5.30. The molecule has 354 valence electrons. The fraction of sp³-hybridized carbons (Fsp3) is 0.796. The maximum atomic E-state index is 16.0. The Hall–Kier alpha value is -3.33. The van der Waals surface area contributed by atoms with Gasteiger partial charge in [-0.05, 0) is 151 Å². The lowest BCUT2D eigenvalue weighted by Gasteiger charge is -2.59. The molecule has 4 bridgehead atoms. The first-order valence-electron chi connectivity index (χ1n) is 26.1. The number of fused-ring (bicyclic) bond motifs is 6. The monoisotopic (exact) mass is 895 g/mol. The van der Waals surface area contributed by atoms with Gasteiger partial charge in [-0.25, -0.2) is 4.79 Å². The number of aliphatic hydroxyl groups is 2. The number of phenols is 1. The minimum Gasteiger partial charge on any atom is -0.504 e. The molecule has 8 fully saturated rings. The summed E-state index contributed by atoms with van der Waals surface area (Å²) in [5.74, 6) is 7.07. The van der Waals surface area contributed by atoms with E-state index in [2.05, 4.69) is 28.5 Å². The number of aromatic hydroxyl groups is 1. The first-order valence-corrected chi connectivity index (χ1v) is 26.1. The van der Waals surface area contributed by atoms with Gasteiger partial charge in [-0.2, -0.15) is 0 Å². The molecule has 6 aliphatic carbocycles. The van der Waals surface area contributed by atoms with E-state index in [0.29, 0.717) is 57.6 Å². The average molecular weight is 895 g/mol. The van der Waals surface area contributed by atoms with Crippen LogP contribution in [-0.2, 0) is 23.9 Å². The van der Waals surface area contributed by atoms with Gasteiger partial charge in [-0.3, -0.25) is 9.59 Å². The Morgan fingerprint density at radius 3 is 2.52 bits per heavy atom. The molecule has 3 spiro atoms. The van der Waals surface area contributed by atoms with E-state index in [1.165, 1.54) is 6.92 Å². The third-order valence-electron chi connectivity index (χ3n) is 20.5. The van der Waals surface area contributed by atoms with E-state index in [9.17, 15) is 24.9 Å². The minimum absolute atomic E-state index is 0.000706. The van der Waals surface area contributed by atoms with Crippen molar-refractivity contribution in [2.75, 3.05) is 26.3 Å². The Morgan fingerprint density at radius 1 is 0.969 bits per heavy atom.